The fourth-order valence-corrected chi connectivity index (χ4v) is 6.51. The Hall–Kier alpha value is -2.75. The number of allylic oxidation sites excluding steroid dienone is 12. The minimum atomic E-state index is -1.92. The Bertz CT molecular complexity index is 1290. The molecule has 2 heterocycles. The predicted octanol–water partition coefficient (Wildman–Crippen LogP) is 3.48. The number of aliphatic hydroxyl groups excluding tert-OH is 7. The summed E-state index contributed by atoms with van der Waals surface area (Å²) in [5, 5.41) is 85.7. The van der Waals surface area contributed by atoms with E-state index < -0.39 is 78.7 Å². The minimum Gasteiger partial charge on any atom is -0.462 e. The molecule has 0 amide bonds. The fraction of sp³-hybridized carbons (Fsp3) is 0.643. The highest BCUT2D eigenvalue weighted by Gasteiger charge is 2.46. The fourth-order valence-electron chi connectivity index (χ4n) is 6.51. The van der Waals surface area contributed by atoms with Crippen molar-refractivity contribution in [3.63, 3.8) is 0 Å². The number of fused-ring (bicyclic) bond motifs is 2. The van der Waals surface area contributed by atoms with Gasteiger partial charge in [-0.1, -0.05) is 106 Å². The molecule has 8 N–H and O–H groups in total. The van der Waals surface area contributed by atoms with Crippen molar-refractivity contribution in [2.45, 2.75) is 146 Å². The van der Waals surface area contributed by atoms with E-state index in [0.29, 0.717) is 6.42 Å². The number of aliphatic hydroxyl groups is 8. The second-order valence-electron chi connectivity index (χ2n) is 14.9. The van der Waals surface area contributed by atoms with Crippen molar-refractivity contribution in [3.8, 4) is 0 Å². The van der Waals surface area contributed by atoms with Crippen LogP contribution in [0.15, 0.2) is 85.1 Å². The summed E-state index contributed by atoms with van der Waals surface area (Å²) in [6.45, 7) is 7.12. The van der Waals surface area contributed by atoms with E-state index in [2.05, 4.69) is 0 Å². The van der Waals surface area contributed by atoms with Crippen LogP contribution in [0.1, 0.15) is 79.1 Å². The Morgan fingerprint density at radius 2 is 1.15 bits per heavy atom. The third-order valence-electron chi connectivity index (χ3n) is 10.2. The van der Waals surface area contributed by atoms with E-state index in [-0.39, 0.29) is 56.8 Å². The lowest BCUT2D eigenvalue weighted by atomic mass is 9.83. The standard InChI is InChI=1S/C42H66O12/c1-28-18-16-14-12-10-8-6-7-9-11-13-15-17-19-35(52-5)25-39-30(3)37(47)26-42(51,54-39)27-38(48)36(46)21-20-32(43)22-33(44)23-34(45)24-40(49)53-31(4)29(2)41(28)50/h6-19,28-39,41,43-48,50-51H,20-27H2,1-5H3/t28-,29-,30+,31-,32+,33+,34+,35-,36+,37-,38+,39?,41+,42-/m0/s1. The Morgan fingerprint density at radius 1 is 0.630 bits per heavy atom. The zero-order chi connectivity index (χ0) is 40.3. The summed E-state index contributed by atoms with van der Waals surface area (Å²) >= 11 is 0. The number of carbonyl (C=O) groups excluding carboxylic acids is 1. The molecule has 0 spiro atoms. The number of ether oxygens (including phenoxy) is 3. The maximum atomic E-state index is 12.5. The molecule has 12 heteroatoms. The Balaban J connectivity index is 2.16. The molecule has 0 aromatic rings. The normalized spacial score (nSPS) is 39.6. The highest BCUT2D eigenvalue weighted by Crippen LogP contribution is 2.37. The molecule has 14 atom stereocenters. The monoisotopic (exact) mass is 762 g/mol. The number of methoxy groups -OCH3 is 1. The third-order valence-corrected chi connectivity index (χ3v) is 10.2. The molecule has 54 heavy (non-hydrogen) atoms. The van der Waals surface area contributed by atoms with E-state index in [0.717, 1.165) is 0 Å². The number of cyclic esters (lactones) is 1. The van der Waals surface area contributed by atoms with Crippen LogP contribution in [-0.4, -0.2) is 121 Å². The molecule has 0 saturated carbocycles. The smallest absolute Gasteiger partial charge is 0.308 e. The molecule has 0 aromatic heterocycles. The third kappa shape index (κ3) is 17.8. The molecule has 0 radical (unpaired) electrons. The van der Waals surface area contributed by atoms with Crippen LogP contribution < -0.4 is 0 Å². The lowest BCUT2D eigenvalue weighted by Crippen LogP contribution is -2.53. The van der Waals surface area contributed by atoms with Crippen LogP contribution in [0.2, 0.25) is 0 Å². The summed E-state index contributed by atoms with van der Waals surface area (Å²) in [6.07, 6.45) is 15.3. The van der Waals surface area contributed by atoms with Crippen LogP contribution in [0, 0.1) is 17.8 Å². The summed E-state index contributed by atoms with van der Waals surface area (Å²) < 4.78 is 17.1. The molecule has 306 valence electrons. The first-order chi connectivity index (χ1) is 25.5. The summed E-state index contributed by atoms with van der Waals surface area (Å²) in [4.78, 5) is 12.5. The molecule has 2 aliphatic rings. The average molecular weight is 763 g/mol. The van der Waals surface area contributed by atoms with Gasteiger partial charge in [-0.25, -0.2) is 0 Å². The van der Waals surface area contributed by atoms with Gasteiger partial charge in [0.15, 0.2) is 5.79 Å². The lowest BCUT2D eigenvalue weighted by Gasteiger charge is -2.45. The first-order valence-corrected chi connectivity index (χ1v) is 19.1. The molecule has 1 fully saturated rings. The van der Waals surface area contributed by atoms with Gasteiger partial charge in [-0.2, -0.15) is 0 Å². The first kappa shape index (κ1) is 47.4. The number of hydrogen-bond acceptors (Lipinski definition) is 12. The van der Waals surface area contributed by atoms with Crippen molar-refractivity contribution in [1.82, 2.24) is 0 Å². The summed E-state index contributed by atoms with van der Waals surface area (Å²) in [6, 6.07) is 0. The molecule has 1 unspecified atom stereocenters. The van der Waals surface area contributed by atoms with Crippen LogP contribution in [0.25, 0.3) is 0 Å². The number of rotatable bonds is 1. The van der Waals surface area contributed by atoms with Crippen LogP contribution in [-0.2, 0) is 19.0 Å². The second kappa shape index (κ2) is 24.7. The lowest BCUT2D eigenvalue weighted by molar-refractivity contribution is -0.302. The van der Waals surface area contributed by atoms with Crippen molar-refractivity contribution in [2.24, 2.45) is 17.8 Å². The minimum absolute atomic E-state index is 0.00351. The molecule has 2 bridgehead atoms. The first-order valence-electron chi connectivity index (χ1n) is 19.1. The quantitative estimate of drug-likeness (QED) is 0.181. The Labute approximate surface area is 321 Å². The van der Waals surface area contributed by atoms with Gasteiger partial charge in [0.2, 0.25) is 0 Å². The van der Waals surface area contributed by atoms with Gasteiger partial charge >= 0.3 is 5.97 Å². The van der Waals surface area contributed by atoms with Crippen LogP contribution in [0.4, 0.5) is 0 Å². The van der Waals surface area contributed by atoms with Gasteiger partial charge in [0, 0.05) is 44.1 Å². The highest BCUT2D eigenvalue weighted by molar-refractivity contribution is 5.70. The molecule has 2 rings (SSSR count). The van der Waals surface area contributed by atoms with Crippen molar-refractivity contribution >= 4 is 5.97 Å². The summed E-state index contributed by atoms with van der Waals surface area (Å²) in [5.41, 5.74) is 0. The topological polar surface area (TPSA) is 207 Å². The predicted molar refractivity (Wildman–Crippen MR) is 207 cm³/mol. The maximum absolute atomic E-state index is 12.5. The Morgan fingerprint density at radius 3 is 1.72 bits per heavy atom. The van der Waals surface area contributed by atoms with E-state index in [1.165, 1.54) is 0 Å². The zero-order valence-electron chi connectivity index (χ0n) is 32.5. The zero-order valence-corrected chi connectivity index (χ0v) is 32.5. The number of esters is 1. The van der Waals surface area contributed by atoms with Gasteiger partial charge in [0.1, 0.15) is 6.10 Å². The SMILES string of the molecule is CO[C@H]1C=CC=CC=CC=CC=CC=CC=C[C@H](C)[C@@H](O)[C@@H](C)[C@H](C)OC(=O)C[C@H](O)C[C@H](O)C[C@H](O)CC[C@@H](O)[C@H](O)C[C@]2(O)C[C@H](O)[C@@H](C)C(C1)O2. The number of carbonyl (C=O) groups is 1. The van der Waals surface area contributed by atoms with Gasteiger partial charge in [0.25, 0.3) is 0 Å². The molecule has 12 nitrogen and oxygen atoms in total. The van der Waals surface area contributed by atoms with Gasteiger partial charge in [-0.3, -0.25) is 4.79 Å². The average Bonchev–Trinajstić information content (AvgIpc) is 3.10. The van der Waals surface area contributed by atoms with Crippen molar-refractivity contribution < 1.29 is 59.9 Å². The maximum Gasteiger partial charge on any atom is 0.308 e. The molecule has 0 aromatic carbocycles. The largest absolute Gasteiger partial charge is 0.462 e. The van der Waals surface area contributed by atoms with Gasteiger partial charge in [0.05, 0.1) is 61.4 Å². The van der Waals surface area contributed by atoms with E-state index in [1.54, 1.807) is 21.0 Å². The van der Waals surface area contributed by atoms with Crippen molar-refractivity contribution in [3.05, 3.63) is 85.1 Å². The van der Waals surface area contributed by atoms with Crippen molar-refractivity contribution in [2.75, 3.05) is 7.11 Å². The van der Waals surface area contributed by atoms with Gasteiger partial charge in [-0.05, 0) is 32.6 Å². The molecule has 1 saturated heterocycles. The Kier molecular flexibility index (Phi) is 21.7. The summed E-state index contributed by atoms with van der Waals surface area (Å²) in [5.74, 6) is -3.58. The molecular formula is C42H66O12. The van der Waals surface area contributed by atoms with E-state index in [1.807, 2.05) is 98.9 Å². The van der Waals surface area contributed by atoms with Gasteiger partial charge in [-0.15, -0.1) is 0 Å². The van der Waals surface area contributed by atoms with Crippen LogP contribution in [0.5, 0.6) is 0 Å². The van der Waals surface area contributed by atoms with E-state index >= 15 is 0 Å². The van der Waals surface area contributed by atoms with E-state index in [4.69, 9.17) is 14.2 Å². The van der Waals surface area contributed by atoms with Crippen LogP contribution >= 0.6 is 0 Å². The van der Waals surface area contributed by atoms with E-state index in [9.17, 15) is 45.6 Å². The number of hydrogen-bond donors (Lipinski definition) is 8. The van der Waals surface area contributed by atoms with Crippen LogP contribution in [0.3, 0.4) is 0 Å². The molecular weight excluding hydrogens is 696 g/mol. The van der Waals surface area contributed by atoms with Gasteiger partial charge < -0.3 is 55.1 Å². The highest BCUT2D eigenvalue weighted by atomic mass is 16.6. The van der Waals surface area contributed by atoms with Crippen molar-refractivity contribution in [1.29, 1.82) is 0 Å². The molecule has 0 aliphatic carbocycles. The summed E-state index contributed by atoms with van der Waals surface area (Å²) in [7, 11) is 1.55. The molecule has 2 aliphatic heterocycles. The second-order valence-corrected chi connectivity index (χ2v) is 14.9.